The predicted octanol–water partition coefficient (Wildman–Crippen LogP) is 4.88. The summed E-state index contributed by atoms with van der Waals surface area (Å²) in [5, 5.41) is 3.70. The van der Waals surface area contributed by atoms with Crippen molar-refractivity contribution in [2.75, 3.05) is 25.0 Å². The summed E-state index contributed by atoms with van der Waals surface area (Å²) in [6.07, 6.45) is 6.68. The molecule has 5 heteroatoms. The first-order valence-electron chi connectivity index (χ1n) is 10.2. The third kappa shape index (κ3) is 7.16. The molecular weight excluding hydrogens is 350 g/mol. The van der Waals surface area contributed by atoms with E-state index in [-0.39, 0.29) is 0 Å². The summed E-state index contributed by atoms with van der Waals surface area (Å²) in [6, 6.07) is 14.7. The molecular formula is C22H35N3OSi. The van der Waals surface area contributed by atoms with Crippen LogP contribution < -0.4 is 5.32 Å². The minimum Gasteiger partial charge on any atom is -0.381 e. The SMILES string of the molecule is C[Si](C)(C)CCOCn1ccc(NC2CCN(Cc3ccccc3)CC2)c1. The van der Waals surface area contributed by atoms with Gasteiger partial charge in [-0.1, -0.05) is 50.0 Å². The molecule has 1 aliphatic rings. The molecule has 1 aromatic carbocycles. The van der Waals surface area contributed by atoms with Gasteiger partial charge in [0.2, 0.25) is 0 Å². The average molecular weight is 386 g/mol. The normalized spacial score (nSPS) is 16.6. The van der Waals surface area contributed by atoms with Gasteiger partial charge in [0.1, 0.15) is 6.73 Å². The molecule has 0 spiro atoms. The van der Waals surface area contributed by atoms with Crippen molar-refractivity contribution < 1.29 is 4.74 Å². The Labute approximate surface area is 165 Å². The summed E-state index contributed by atoms with van der Waals surface area (Å²) in [5.41, 5.74) is 2.63. The van der Waals surface area contributed by atoms with Crippen molar-refractivity contribution >= 4 is 13.8 Å². The average Bonchev–Trinajstić information content (AvgIpc) is 3.08. The second kappa shape index (κ2) is 9.58. The van der Waals surface area contributed by atoms with Gasteiger partial charge in [0.05, 0.1) is 5.69 Å². The summed E-state index contributed by atoms with van der Waals surface area (Å²) in [5.74, 6) is 0. The van der Waals surface area contributed by atoms with Gasteiger partial charge in [-0.3, -0.25) is 4.90 Å². The standard InChI is InChI=1S/C22H35N3OSi/c1-27(2,3)16-15-26-19-25-14-11-22(18-25)23-21-9-12-24(13-10-21)17-20-7-5-4-6-8-20/h4-8,11,14,18,21,23H,9-10,12-13,15-17,19H2,1-3H3. The highest BCUT2D eigenvalue weighted by Crippen LogP contribution is 2.19. The zero-order valence-corrected chi connectivity index (χ0v) is 18.2. The Hall–Kier alpha value is -1.56. The molecule has 1 saturated heterocycles. The molecule has 1 aliphatic heterocycles. The van der Waals surface area contributed by atoms with Crippen molar-refractivity contribution in [2.45, 2.75) is 57.8 Å². The maximum Gasteiger partial charge on any atom is 0.122 e. The Bertz CT molecular complexity index is 672. The van der Waals surface area contributed by atoms with Crippen LogP contribution in [0.1, 0.15) is 18.4 Å². The van der Waals surface area contributed by atoms with Crippen LogP contribution in [0.2, 0.25) is 25.7 Å². The Morgan fingerprint density at radius 1 is 1.07 bits per heavy atom. The maximum atomic E-state index is 5.83. The highest BCUT2D eigenvalue weighted by atomic mass is 28.3. The van der Waals surface area contributed by atoms with Gasteiger partial charge < -0.3 is 14.6 Å². The molecule has 0 unspecified atom stereocenters. The number of ether oxygens (including phenoxy) is 1. The molecule has 0 bridgehead atoms. The fourth-order valence-electron chi connectivity index (χ4n) is 3.47. The largest absolute Gasteiger partial charge is 0.381 e. The highest BCUT2D eigenvalue weighted by molar-refractivity contribution is 6.76. The molecule has 27 heavy (non-hydrogen) atoms. The number of nitrogens with zero attached hydrogens (tertiary/aromatic N) is 2. The van der Waals surface area contributed by atoms with E-state index < -0.39 is 8.07 Å². The van der Waals surface area contributed by atoms with Gasteiger partial charge in [-0.05, 0) is 30.5 Å². The molecule has 1 N–H and O–H groups in total. The van der Waals surface area contributed by atoms with E-state index in [9.17, 15) is 0 Å². The van der Waals surface area contributed by atoms with Crippen LogP contribution in [0.15, 0.2) is 48.8 Å². The first kappa shape index (κ1) is 20.2. The number of anilines is 1. The minimum atomic E-state index is -1.00. The fourth-order valence-corrected chi connectivity index (χ4v) is 4.22. The molecule has 3 rings (SSSR count). The summed E-state index contributed by atoms with van der Waals surface area (Å²) in [7, 11) is -1.00. The minimum absolute atomic E-state index is 0.570. The van der Waals surface area contributed by atoms with E-state index in [1.165, 1.54) is 30.1 Å². The molecule has 148 valence electrons. The van der Waals surface area contributed by atoms with Crippen LogP contribution in [-0.2, 0) is 18.0 Å². The lowest BCUT2D eigenvalue weighted by atomic mass is 10.0. The Kier molecular flexibility index (Phi) is 7.16. The second-order valence-electron chi connectivity index (χ2n) is 8.94. The summed E-state index contributed by atoms with van der Waals surface area (Å²) >= 11 is 0. The van der Waals surface area contributed by atoms with Crippen LogP contribution in [-0.4, -0.2) is 43.3 Å². The van der Waals surface area contributed by atoms with E-state index in [1.807, 2.05) is 0 Å². The first-order chi connectivity index (χ1) is 13.0. The van der Waals surface area contributed by atoms with Gasteiger partial charge in [-0.2, -0.15) is 0 Å². The number of likely N-dealkylation sites (tertiary alicyclic amines) is 1. The number of hydrogen-bond donors (Lipinski definition) is 1. The van der Waals surface area contributed by atoms with Crippen LogP contribution in [0.25, 0.3) is 0 Å². The zero-order valence-electron chi connectivity index (χ0n) is 17.2. The Balaban J connectivity index is 1.36. The maximum absolute atomic E-state index is 5.83. The molecule has 0 aliphatic carbocycles. The molecule has 1 aromatic heterocycles. The topological polar surface area (TPSA) is 29.4 Å². The van der Waals surface area contributed by atoms with Crippen LogP contribution in [0, 0.1) is 0 Å². The number of benzene rings is 1. The second-order valence-corrected chi connectivity index (χ2v) is 14.6. The van der Waals surface area contributed by atoms with Crippen LogP contribution >= 0.6 is 0 Å². The Morgan fingerprint density at radius 3 is 2.52 bits per heavy atom. The van der Waals surface area contributed by atoms with Crippen LogP contribution in [0.3, 0.4) is 0 Å². The molecule has 4 nitrogen and oxygen atoms in total. The molecule has 2 aromatic rings. The van der Waals surface area contributed by atoms with E-state index in [2.05, 4.69) is 83.2 Å². The van der Waals surface area contributed by atoms with Crippen molar-refractivity contribution in [3.63, 3.8) is 0 Å². The monoisotopic (exact) mass is 385 g/mol. The third-order valence-electron chi connectivity index (χ3n) is 5.19. The van der Waals surface area contributed by atoms with E-state index in [0.717, 1.165) is 26.2 Å². The van der Waals surface area contributed by atoms with Gasteiger partial charge in [-0.15, -0.1) is 0 Å². The van der Waals surface area contributed by atoms with Gasteiger partial charge >= 0.3 is 0 Å². The smallest absolute Gasteiger partial charge is 0.122 e. The molecule has 0 atom stereocenters. The molecule has 0 radical (unpaired) electrons. The molecule has 2 heterocycles. The number of rotatable bonds is 9. The van der Waals surface area contributed by atoms with Gasteiger partial charge in [0.15, 0.2) is 0 Å². The number of piperidine rings is 1. The van der Waals surface area contributed by atoms with Crippen molar-refractivity contribution in [3.05, 3.63) is 54.4 Å². The van der Waals surface area contributed by atoms with E-state index >= 15 is 0 Å². The summed E-state index contributed by atoms with van der Waals surface area (Å²) in [6.45, 7) is 12.1. The fraction of sp³-hybridized carbons (Fsp3) is 0.545. The molecule has 0 amide bonds. The summed E-state index contributed by atoms with van der Waals surface area (Å²) < 4.78 is 7.97. The van der Waals surface area contributed by atoms with Crippen molar-refractivity contribution in [1.82, 2.24) is 9.47 Å². The van der Waals surface area contributed by atoms with Gasteiger partial charge in [-0.25, -0.2) is 0 Å². The Morgan fingerprint density at radius 2 is 1.81 bits per heavy atom. The van der Waals surface area contributed by atoms with Crippen LogP contribution in [0.4, 0.5) is 5.69 Å². The van der Waals surface area contributed by atoms with E-state index in [0.29, 0.717) is 12.8 Å². The van der Waals surface area contributed by atoms with E-state index in [1.54, 1.807) is 0 Å². The highest BCUT2D eigenvalue weighted by Gasteiger charge is 2.19. The van der Waals surface area contributed by atoms with Crippen molar-refractivity contribution in [3.8, 4) is 0 Å². The number of aromatic nitrogens is 1. The number of hydrogen-bond acceptors (Lipinski definition) is 3. The van der Waals surface area contributed by atoms with Gasteiger partial charge in [0, 0.05) is 52.8 Å². The number of nitrogens with one attached hydrogen (secondary N) is 1. The van der Waals surface area contributed by atoms with Crippen LogP contribution in [0.5, 0.6) is 0 Å². The zero-order chi connectivity index (χ0) is 19.1. The van der Waals surface area contributed by atoms with E-state index in [4.69, 9.17) is 4.74 Å². The predicted molar refractivity (Wildman–Crippen MR) is 117 cm³/mol. The van der Waals surface area contributed by atoms with Gasteiger partial charge in [0.25, 0.3) is 0 Å². The quantitative estimate of drug-likeness (QED) is 0.493. The lowest BCUT2D eigenvalue weighted by molar-refractivity contribution is 0.0875. The lowest BCUT2D eigenvalue weighted by Gasteiger charge is -2.32. The first-order valence-corrected chi connectivity index (χ1v) is 13.9. The summed E-state index contributed by atoms with van der Waals surface area (Å²) in [4.78, 5) is 2.56. The molecule has 1 fully saturated rings. The molecule has 0 saturated carbocycles. The third-order valence-corrected chi connectivity index (χ3v) is 6.90. The van der Waals surface area contributed by atoms with Crippen molar-refractivity contribution in [1.29, 1.82) is 0 Å². The lowest BCUT2D eigenvalue weighted by Crippen LogP contribution is -2.38. The van der Waals surface area contributed by atoms with Crippen molar-refractivity contribution in [2.24, 2.45) is 0 Å².